The second-order valence-electron chi connectivity index (χ2n) is 4.28. The predicted octanol–water partition coefficient (Wildman–Crippen LogP) is 2.65. The van der Waals surface area contributed by atoms with E-state index in [2.05, 4.69) is 0 Å². The van der Waals surface area contributed by atoms with Crippen LogP contribution in [0.1, 0.15) is 30.9 Å². The fourth-order valence-corrected chi connectivity index (χ4v) is 2.10. The van der Waals surface area contributed by atoms with E-state index < -0.39 is 11.6 Å². The van der Waals surface area contributed by atoms with Gasteiger partial charge in [-0.15, -0.1) is 0 Å². The van der Waals surface area contributed by atoms with Gasteiger partial charge in [-0.1, -0.05) is 19.1 Å². The van der Waals surface area contributed by atoms with E-state index in [1.807, 2.05) is 0 Å². The number of likely N-dealkylation sites (tertiary alicyclic amines) is 1. The fourth-order valence-electron chi connectivity index (χ4n) is 2.10. The lowest BCUT2D eigenvalue weighted by Crippen LogP contribution is -2.24. The molecule has 1 aromatic rings. The van der Waals surface area contributed by atoms with Crippen molar-refractivity contribution in [2.24, 2.45) is 0 Å². The molecule has 0 atom stereocenters. The first kappa shape index (κ1) is 12.0. The molecule has 2 nitrogen and oxygen atoms in total. The molecule has 92 valence electrons. The Hall–Kier alpha value is -1.45. The van der Waals surface area contributed by atoms with E-state index >= 15 is 0 Å². The lowest BCUT2D eigenvalue weighted by Gasteiger charge is -2.16. The minimum Gasteiger partial charge on any atom is -0.338 e. The number of rotatable bonds is 3. The monoisotopic (exact) mass is 239 g/mol. The van der Waals surface area contributed by atoms with E-state index in [4.69, 9.17) is 0 Å². The Bertz CT molecular complexity index is 445. The van der Waals surface area contributed by atoms with Crippen LogP contribution in [-0.2, 0) is 17.8 Å². The molecule has 0 aliphatic carbocycles. The summed E-state index contributed by atoms with van der Waals surface area (Å²) in [5, 5.41) is 0. The number of hydrogen-bond donors (Lipinski definition) is 0. The minimum absolute atomic E-state index is 0.0179. The van der Waals surface area contributed by atoms with Crippen molar-refractivity contribution in [3.8, 4) is 0 Å². The van der Waals surface area contributed by atoms with Crippen molar-refractivity contribution in [2.75, 3.05) is 6.54 Å². The molecule has 2 rings (SSSR count). The molecule has 17 heavy (non-hydrogen) atoms. The summed E-state index contributed by atoms with van der Waals surface area (Å²) in [6.07, 6.45) is 1.78. The minimum atomic E-state index is -0.816. The van der Waals surface area contributed by atoms with Crippen molar-refractivity contribution in [2.45, 2.75) is 32.7 Å². The molecule has 4 heteroatoms. The average Bonchev–Trinajstić information content (AvgIpc) is 2.71. The van der Waals surface area contributed by atoms with Crippen LogP contribution in [0.5, 0.6) is 0 Å². The maximum atomic E-state index is 13.7. The van der Waals surface area contributed by atoms with E-state index in [1.54, 1.807) is 24.0 Å². The van der Waals surface area contributed by atoms with Crippen LogP contribution in [0.3, 0.4) is 0 Å². The van der Waals surface area contributed by atoms with E-state index in [9.17, 15) is 13.6 Å². The Balaban J connectivity index is 2.22. The quantitative estimate of drug-likeness (QED) is 0.794. The molecule has 0 spiro atoms. The molecular formula is C13H15F2NO. The number of benzene rings is 1. The molecule has 0 radical (unpaired) electrons. The predicted molar refractivity (Wildman–Crippen MR) is 60.4 cm³/mol. The van der Waals surface area contributed by atoms with Crippen LogP contribution in [-0.4, -0.2) is 17.4 Å². The van der Waals surface area contributed by atoms with Gasteiger partial charge in [0.1, 0.15) is 0 Å². The molecule has 0 unspecified atom stereocenters. The number of carbonyl (C=O) groups excluding carboxylic acids is 1. The molecule has 1 aliphatic heterocycles. The number of nitrogens with zero attached hydrogens (tertiary/aromatic N) is 1. The highest BCUT2D eigenvalue weighted by Gasteiger charge is 2.22. The first-order valence-corrected chi connectivity index (χ1v) is 5.87. The van der Waals surface area contributed by atoms with Crippen LogP contribution in [0, 0.1) is 11.6 Å². The Kier molecular flexibility index (Phi) is 3.41. The molecule has 1 saturated heterocycles. The molecular weight excluding hydrogens is 224 g/mol. The molecule has 1 aliphatic rings. The molecule has 1 amide bonds. The summed E-state index contributed by atoms with van der Waals surface area (Å²) in [6, 6.07) is 3.16. The van der Waals surface area contributed by atoms with E-state index in [-0.39, 0.29) is 18.0 Å². The Morgan fingerprint density at radius 3 is 2.47 bits per heavy atom. The zero-order chi connectivity index (χ0) is 12.4. The van der Waals surface area contributed by atoms with Crippen molar-refractivity contribution < 1.29 is 13.6 Å². The third kappa shape index (κ3) is 2.30. The van der Waals surface area contributed by atoms with Gasteiger partial charge in [0.05, 0.1) is 0 Å². The highest BCUT2D eigenvalue weighted by atomic mass is 19.2. The standard InChI is InChI=1S/C13H15F2NO/c1-2-9-5-6-10(13(15)12(9)14)8-16-7-3-4-11(16)17/h5-6H,2-4,7-8H2,1H3. The molecule has 1 fully saturated rings. The summed E-state index contributed by atoms with van der Waals surface area (Å²) >= 11 is 0. The number of carbonyl (C=O) groups is 1. The summed E-state index contributed by atoms with van der Waals surface area (Å²) in [6.45, 7) is 2.59. The van der Waals surface area contributed by atoms with Crippen LogP contribution in [0.15, 0.2) is 12.1 Å². The van der Waals surface area contributed by atoms with E-state index in [0.29, 0.717) is 24.9 Å². The number of amides is 1. The number of halogens is 2. The number of hydrogen-bond acceptors (Lipinski definition) is 1. The van der Waals surface area contributed by atoms with Crippen LogP contribution < -0.4 is 0 Å². The smallest absolute Gasteiger partial charge is 0.222 e. The SMILES string of the molecule is CCc1ccc(CN2CCCC2=O)c(F)c1F. The second-order valence-corrected chi connectivity index (χ2v) is 4.28. The third-order valence-electron chi connectivity index (χ3n) is 3.16. The normalized spacial score (nSPS) is 15.7. The second kappa shape index (κ2) is 4.82. The van der Waals surface area contributed by atoms with Gasteiger partial charge in [0, 0.05) is 25.1 Å². The summed E-state index contributed by atoms with van der Waals surface area (Å²) in [7, 11) is 0. The highest BCUT2D eigenvalue weighted by Crippen LogP contribution is 2.20. The lowest BCUT2D eigenvalue weighted by atomic mass is 10.1. The first-order chi connectivity index (χ1) is 8.13. The third-order valence-corrected chi connectivity index (χ3v) is 3.16. The Morgan fingerprint density at radius 1 is 1.24 bits per heavy atom. The van der Waals surface area contributed by atoms with E-state index in [1.165, 1.54) is 0 Å². The van der Waals surface area contributed by atoms with Gasteiger partial charge in [-0.25, -0.2) is 8.78 Å². The summed E-state index contributed by atoms with van der Waals surface area (Å²) < 4.78 is 27.3. The van der Waals surface area contributed by atoms with Crippen molar-refractivity contribution in [1.82, 2.24) is 4.90 Å². The van der Waals surface area contributed by atoms with Crippen LogP contribution in [0.2, 0.25) is 0 Å². The average molecular weight is 239 g/mol. The van der Waals surface area contributed by atoms with Gasteiger partial charge in [-0.3, -0.25) is 4.79 Å². The van der Waals surface area contributed by atoms with Crippen molar-refractivity contribution in [3.05, 3.63) is 34.9 Å². The van der Waals surface area contributed by atoms with Crippen LogP contribution in [0.25, 0.3) is 0 Å². The maximum absolute atomic E-state index is 13.7. The summed E-state index contributed by atoms with van der Waals surface area (Å²) in [5.74, 6) is -1.58. The Morgan fingerprint density at radius 2 is 1.88 bits per heavy atom. The zero-order valence-electron chi connectivity index (χ0n) is 9.80. The number of aryl methyl sites for hydroxylation is 1. The van der Waals surface area contributed by atoms with Gasteiger partial charge in [0.2, 0.25) is 5.91 Å². The van der Waals surface area contributed by atoms with Gasteiger partial charge >= 0.3 is 0 Å². The maximum Gasteiger partial charge on any atom is 0.222 e. The first-order valence-electron chi connectivity index (χ1n) is 5.87. The lowest BCUT2D eigenvalue weighted by molar-refractivity contribution is -0.128. The van der Waals surface area contributed by atoms with Crippen molar-refractivity contribution >= 4 is 5.91 Å². The molecule has 0 bridgehead atoms. The topological polar surface area (TPSA) is 20.3 Å². The highest BCUT2D eigenvalue weighted by molar-refractivity contribution is 5.78. The molecule has 0 aromatic heterocycles. The zero-order valence-corrected chi connectivity index (χ0v) is 9.80. The van der Waals surface area contributed by atoms with Gasteiger partial charge in [-0.05, 0) is 18.4 Å². The summed E-state index contributed by atoms with van der Waals surface area (Å²) in [4.78, 5) is 13.0. The van der Waals surface area contributed by atoms with Crippen LogP contribution >= 0.6 is 0 Å². The Labute approximate surface area is 99.2 Å². The molecule has 0 saturated carbocycles. The van der Waals surface area contributed by atoms with Gasteiger partial charge < -0.3 is 4.90 Å². The van der Waals surface area contributed by atoms with Gasteiger partial charge in [0.15, 0.2) is 11.6 Å². The van der Waals surface area contributed by atoms with Crippen molar-refractivity contribution in [1.29, 1.82) is 0 Å². The summed E-state index contributed by atoms with van der Waals surface area (Å²) in [5.41, 5.74) is 0.633. The fraction of sp³-hybridized carbons (Fsp3) is 0.462. The van der Waals surface area contributed by atoms with E-state index in [0.717, 1.165) is 6.42 Å². The molecule has 1 heterocycles. The largest absolute Gasteiger partial charge is 0.338 e. The van der Waals surface area contributed by atoms with Gasteiger partial charge in [-0.2, -0.15) is 0 Å². The van der Waals surface area contributed by atoms with Crippen molar-refractivity contribution in [3.63, 3.8) is 0 Å². The molecule has 0 N–H and O–H groups in total. The molecule has 1 aromatic carbocycles. The van der Waals surface area contributed by atoms with Crippen LogP contribution in [0.4, 0.5) is 8.78 Å². The van der Waals surface area contributed by atoms with Gasteiger partial charge in [0.25, 0.3) is 0 Å².